The maximum Gasteiger partial charge on any atom is 0.575 e. The fourth-order valence-electron chi connectivity index (χ4n) is 1.08. The second kappa shape index (κ2) is 5.25. The Morgan fingerprint density at radius 2 is 2.17 bits per heavy atom. The summed E-state index contributed by atoms with van der Waals surface area (Å²) in [7, 11) is 1.12. The van der Waals surface area contributed by atoms with Crippen LogP contribution in [-0.2, 0) is 5.88 Å². The number of aromatic nitrogens is 1. The molecule has 0 amide bonds. The average Bonchev–Trinajstić information content (AvgIpc) is 2.26. The van der Waals surface area contributed by atoms with Crippen LogP contribution in [0, 0.1) is 10.1 Å². The van der Waals surface area contributed by atoms with Crippen molar-refractivity contribution >= 4 is 17.4 Å². The molecule has 0 unspecified atom stereocenters. The topological polar surface area (TPSA) is 74.5 Å². The maximum absolute atomic E-state index is 12.1. The largest absolute Gasteiger partial charge is 0.575 e. The van der Waals surface area contributed by atoms with Crippen molar-refractivity contribution in [2.45, 2.75) is 12.2 Å². The van der Waals surface area contributed by atoms with E-state index in [-0.39, 0.29) is 17.2 Å². The molecule has 1 aromatic rings. The van der Waals surface area contributed by atoms with Crippen LogP contribution in [0.5, 0.6) is 11.6 Å². The molecule has 1 aromatic heterocycles. The molecule has 18 heavy (non-hydrogen) atoms. The third-order valence-electron chi connectivity index (χ3n) is 1.76. The second-order valence-electron chi connectivity index (χ2n) is 2.92. The Labute approximate surface area is 103 Å². The Morgan fingerprint density at radius 3 is 2.56 bits per heavy atom. The Morgan fingerprint density at radius 1 is 1.56 bits per heavy atom. The molecule has 0 spiro atoms. The highest BCUT2D eigenvalue weighted by atomic mass is 35.5. The van der Waals surface area contributed by atoms with Crippen LogP contribution < -0.4 is 9.47 Å². The van der Waals surface area contributed by atoms with Gasteiger partial charge in [-0.05, 0) is 4.92 Å². The van der Waals surface area contributed by atoms with E-state index < -0.39 is 23.0 Å². The minimum absolute atomic E-state index is 0.170. The van der Waals surface area contributed by atoms with Gasteiger partial charge in [-0.25, -0.2) is 0 Å². The van der Waals surface area contributed by atoms with Crippen molar-refractivity contribution in [1.82, 2.24) is 4.98 Å². The molecule has 1 heterocycles. The standard InChI is InChI=1S/C8H6ClF3N2O4/c1-17-5-2-4(3-9)7(18-8(10,11)12)13-6(5)14(15)16/h2H,3H2,1H3. The number of pyridine rings is 1. The number of ether oxygens (including phenoxy) is 2. The van der Waals surface area contributed by atoms with E-state index in [0.717, 1.165) is 13.2 Å². The van der Waals surface area contributed by atoms with Gasteiger partial charge < -0.3 is 19.6 Å². The molecular formula is C8H6ClF3N2O4. The number of hydrogen-bond donors (Lipinski definition) is 0. The number of nitrogens with zero attached hydrogens (tertiary/aromatic N) is 2. The van der Waals surface area contributed by atoms with Crippen LogP contribution in [0.15, 0.2) is 6.07 Å². The summed E-state index contributed by atoms with van der Waals surface area (Å²) in [5.41, 5.74) is -0.170. The molecule has 0 aliphatic heterocycles. The molecule has 0 aromatic carbocycles. The Bertz CT molecular complexity index is 466. The normalized spacial score (nSPS) is 11.2. The summed E-state index contributed by atoms with van der Waals surface area (Å²) in [5.74, 6) is -2.52. The molecule has 0 radical (unpaired) electrons. The van der Waals surface area contributed by atoms with E-state index in [1.54, 1.807) is 0 Å². The number of rotatable bonds is 4. The van der Waals surface area contributed by atoms with Crippen LogP contribution in [0.2, 0.25) is 0 Å². The number of hydrogen-bond acceptors (Lipinski definition) is 5. The minimum atomic E-state index is -5.02. The highest BCUT2D eigenvalue weighted by Crippen LogP contribution is 2.34. The lowest BCUT2D eigenvalue weighted by Crippen LogP contribution is -2.19. The van der Waals surface area contributed by atoms with E-state index in [9.17, 15) is 23.3 Å². The van der Waals surface area contributed by atoms with Crippen molar-refractivity contribution < 1.29 is 27.6 Å². The van der Waals surface area contributed by atoms with E-state index in [2.05, 4.69) is 14.5 Å². The first-order valence-electron chi connectivity index (χ1n) is 4.32. The maximum atomic E-state index is 12.1. The van der Waals surface area contributed by atoms with Gasteiger partial charge in [-0.3, -0.25) is 0 Å². The van der Waals surface area contributed by atoms with Crippen LogP contribution in [0.25, 0.3) is 0 Å². The number of halogens is 4. The highest BCUT2D eigenvalue weighted by Gasteiger charge is 2.36. The van der Waals surface area contributed by atoms with E-state index in [0.29, 0.717) is 0 Å². The quantitative estimate of drug-likeness (QED) is 0.483. The SMILES string of the molecule is COc1cc(CCl)c(OC(F)(F)F)nc1[N+](=O)[O-]. The lowest BCUT2D eigenvalue weighted by molar-refractivity contribution is -0.390. The van der Waals surface area contributed by atoms with Crippen molar-refractivity contribution in [3.05, 3.63) is 21.7 Å². The third-order valence-corrected chi connectivity index (χ3v) is 2.05. The molecule has 0 atom stereocenters. The van der Waals surface area contributed by atoms with E-state index >= 15 is 0 Å². The lowest BCUT2D eigenvalue weighted by atomic mass is 10.3. The summed E-state index contributed by atoms with van der Waals surface area (Å²) < 4.78 is 44.4. The first-order chi connectivity index (χ1) is 8.28. The van der Waals surface area contributed by atoms with Crippen molar-refractivity contribution in [1.29, 1.82) is 0 Å². The van der Waals surface area contributed by atoms with Gasteiger partial charge in [0, 0.05) is 11.1 Å². The van der Waals surface area contributed by atoms with Gasteiger partial charge in [0.05, 0.1) is 18.6 Å². The number of nitro groups is 1. The molecular weight excluding hydrogens is 281 g/mol. The van der Waals surface area contributed by atoms with Gasteiger partial charge in [-0.15, -0.1) is 24.8 Å². The summed E-state index contributed by atoms with van der Waals surface area (Å²) in [6, 6.07) is 0.971. The first-order valence-corrected chi connectivity index (χ1v) is 4.86. The average molecular weight is 287 g/mol. The molecule has 0 N–H and O–H groups in total. The van der Waals surface area contributed by atoms with Crippen molar-refractivity contribution in [3.8, 4) is 11.6 Å². The Kier molecular flexibility index (Phi) is 4.17. The summed E-state index contributed by atoms with van der Waals surface area (Å²) in [6.07, 6.45) is -5.02. The van der Waals surface area contributed by atoms with E-state index in [1.807, 2.05) is 0 Å². The molecule has 100 valence electrons. The predicted molar refractivity (Wildman–Crippen MR) is 53.7 cm³/mol. The zero-order valence-corrected chi connectivity index (χ0v) is 9.58. The van der Waals surface area contributed by atoms with Crippen molar-refractivity contribution in [2.75, 3.05) is 7.11 Å². The summed E-state index contributed by atoms with van der Waals surface area (Å²) in [5, 5.41) is 10.6. The van der Waals surface area contributed by atoms with E-state index in [1.165, 1.54) is 0 Å². The van der Waals surface area contributed by atoms with Gasteiger partial charge in [0.25, 0.3) is 0 Å². The van der Waals surface area contributed by atoms with Gasteiger partial charge in [0.1, 0.15) is 0 Å². The molecule has 0 saturated heterocycles. The first kappa shape index (κ1) is 14.3. The molecule has 0 bridgehead atoms. The van der Waals surface area contributed by atoms with Crippen molar-refractivity contribution in [3.63, 3.8) is 0 Å². The fraction of sp³-hybridized carbons (Fsp3) is 0.375. The van der Waals surface area contributed by atoms with Crippen LogP contribution in [0.1, 0.15) is 5.56 Å². The number of alkyl halides is 4. The summed E-state index contributed by atoms with van der Waals surface area (Å²) in [4.78, 5) is 12.8. The Balaban J connectivity index is 3.32. The third kappa shape index (κ3) is 3.36. The molecule has 0 aliphatic rings. The van der Waals surface area contributed by atoms with Crippen LogP contribution >= 0.6 is 11.6 Å². The van der Waals surface area contributed by atoms with Crippen molar-refractivity contribution in [2.24, 2.45) is 0 Å². The number of methoxy groups -OCH3 is 1. The van der Waals surface area contributed by atoms with Crippen LogP contribution in [0.4, 0.5) is 19.0 Å². The Hall–Kier alpha value is -1.77. The van der Waals surface area contributed by atoms with Gasteiger partial charge >= 0.3 is 18.1 Å². The molecule has 0 saturated carbocycles. The van der Waals surface area contributed by atoms with E-state index in [4.69, 9.17) is 11.6 Å². The molecule has 6 nitrogen and oxygen atoms in total. The molecule has 10 heteroatoms. The zero-order valence-electron chi connectivity index (χ0n) is 8.82. The van der Waals surface area contributed by atoms with Gasteiger partial charge in [-0.1, -0.05) is 0 Å². The van der Waals surface area contributed by atoms with Gasteiger partial charge in [0.15, 0.2) is 0 Å². The van der Waals surface area contributed by atoms with Crippen LogP contribution in [-0.4, -0.2) is 23.4 Å². The monoisotopic (exact) mass is 286 g/mol. The summed E-state index contributed by atoms with van der Waals surface area (Å²) >= 11 is 5.41. The zero-order chi connectivity index (χ0) is 13.9. The molecule has 0 aliphatic carbocycles. The smallest absolute Gasteiger partial charge is 0.489 e. The van der Waals surface area contributed by atoms with Crippen LogP contribution in [0.3, 0.4) is 0 Å². The molecule has 0 fully saturated rings. The fourth-order valence-corrected chi connectivity index (χ4v) is 1.27. The van der Waals surface area contributed by atoms with Gasteiger partial charge in [-0.2, -0.15) is 0 Å². The highest BCUT2D eigenvalue weighted by molar-refractivity contribution is 6.17. The minimum Gasteiger partial charge on any atom is -0.489 e. The summed E-state index contributed by atoms with van der Waals surface area (Å²) in [6.45, 7) is 0. The predicted octanol–water partition coefficient (Wildman–Crippen LogP) is 2.64. The molecule has 1 rings (SSSR count). The second-order valence-corrected chi connectivity index (χ2v) is 3.18. The lowest BCUT2D eigenvalue weighted by Gasteiger charge is -2.09. The van der Waals surface area contributed by atoms with Gasteiger partial charge in [0.2, 0.25) is 5.75 Å².